The molecule has 218 valence electrons. The Balaban J connectivity index is 1.48. The summed E-state index contributed by atoms with van der Waals surface area (Å²) in [6, 6.07) is 23.2. The molecule has 0 bridgehead atoms. The molecule has 0 radical (unpaired) electrons. The minimum atomic E-state index is 0.726. The van der Waals surface area contributed by atoms with Crippen molar-refractivity contribution in [1.29, 1.82) is 0 Å². The first kappa shape index (κ1) is 31.5. The molecule has 3 aromatic carbocycles. The van der Waals surface area contributed by atoms with E-state index in [1.165, 1.54) is 81.8 Å². The molecule has 0 atom stereocenters. The molecule has 0 saturated carbocycles. The molecule has 0 unspecified atom stereocenters. The van der Waals surface area contributed by atoms with E-state index in [0.717, 1.165) is 61.0 Å². The monoisotopic (exact) mass is 545 g/mol. The fourth-order valence-electron chi connectivity index (χ4n) is 4.96. The maximum absolute atomic E-state index is 6.29. The largest absolute Gasteiger partial charge is 0.497 e. The van der Waals surface area contributed by atoms with Crippen molar-refractivity contribution in [2.45, 2.75) is 90.4 Å². The quantitative estimate of drug-likeness (QED) is 0.135. The second-order valence-corrected chi connectivity index (χ2v) is 10.7. The van der Waals surface area contributed by atoms with Crippen LogP contribution in [0.1, 0.15) is 90.4 Å². The Hall–Kier alpha value is -2.98. The lowest BCUT2D eigenvalue weighted by atomic mass is 9.99. The number of hydrogen-bond acceptors (Lipinski definition) is 4. The van der Waals surface area contributed by atoms with Crippen molar-refractivity contribution in [2.75, 3.05) is 26.9 Å². The zero-order valence-corrected chi connectivity index (χ0v) is 25.0. The average Bonchev–Trinajstić information content (AvgIpc) is 3.00. The Bertz CT molecular complexity index is 1060. The summed E-state index contributed by atoms with van der Waals surface area (Å²) in [4.78, 5) is 0. The van der Waals surface area contributed by atoms with Gasteiger partial charge in [-0.2, -0.15) is 0 Å². The van der Waals surface area contributed by atoms with Gasteiger partial charge in [-0.15, -0.1) is 0 Å². The predicted molar refractivity (Wildman–Crippen MR) is 170 cm³/mol. The van der Waals surface area contributed by atoms with Crippen molar-refractivity contribution < 1.29 is 14.2 Å². The van der Waals surface area contributed by atoms with Crippen molar-refractivity contribution in [3.05, 3.63) is 66.7 Å². The van der Waals surface area contributed by atoms with Crippen LogP contribution in [-0.4, -0.2) is 26.9 Å². The van der Waals surface area contributed by atoms with E-state index in [9.17, 15) is 0 Å². The molecule has 0 aliphatic rings. The maximum atomic E-state index is 6.29. The van der Waals surface area contributed by atoms with Crippen molar-refractivity contribution in [3.8, 4) is 39.5 Å². The molecule has 40 heavy (non-hydrogen) atoms. The topological polar surface area (TPSA) is 53.7 Å². The highest BCUT2D eigenvalue weighted by Crippen LogP contribution is 2.35. The van der Waals surface area contributed by atoms with Gasteiger partial charge in [0.15, 0.2) is 0 Å². The molecule has 0 aliphatic carbocycles. The molecule has 4 heteroatoms. The number of ether oxygens (including phenoxy) is 3. The van der Waals surface area contributed by atoms with E-state index in [-0.39, 0.29) is 0 Å². The van der Waals surface area contributed by atoms with E-state index in [1.807, 2.05) is 12.1 Å². The van der Waals surface area contributed by atoms with E-state index in [2.05, 4.69) is 61.5 Å². The lowest BCUT2D eigenvalue weighted by Gasteiger charge is -2.14. The van der Waals surface area contributed by atoms with Crippen molar-refractivity contribution >= 4 is 0 Å². The smallest absolute Gasteiger partial charge is 0.130 e. The third kappa shape index (κ3) is 11.3. The number of benzene rings is 3. The third-order valence-electron chi connectivity index (χ3n) is 7.44. The van der Waals surface area contributed by atoms with E-state index in [1.54, 1.807) is 7.11 Å². The van der Waals surface area contributed by atoms with E-state index >= 15 is 0 Å². The van der Waals surface area contributed by atoms with Crippen LogP contribution in [0.5, 0.6) is 17.2 Å². The van der Waals surface area contributed by atoms with Crippen LogP contribution in [0, 0.1) is 0 Å². The number of hydrogen-bond donors (Lipinski definition) is 1. The molecule has 3 aromatic rings. The predicted octanol–water partition coefficient (Wildman–Crippen LogP) is 9.84. The average molecular weight is 546 g/mol. The molecule has 0 fully saturated rings. The summed E-state index contributed by atoms with van der Waals surface area (Å²) in [7, 11) is 1.70. The molecule has 3 rings (SSSR count). The molecule has 0 saturated heterocycles. The highest BCUT2D eigenvalue weighted by Gasteiger charge is 2.10. The Morgan fingerprint density at radius 1 is 0.525 bits per heavy atom. The van der Waals surface area contributed by atoms with Crippen LogP contribution in [0.3, 0.4) is 0 Å². The van der Waals surface area contributed by atoms with Gasteiger partial charge in [0.2, 0.25) is 0 Å². The number of rotatable bonds is 21. The maximum Gasteiger partial charge on any atom is 0.130 e. The first-order valence-corrected chi connectivity index (χ1v) is 15.6. The molecule has 0 aromatic heterocycles. The van der Waals surface area contributed by atoms with Crippen LogP contribution in [0.15, 0.2) is 66.7 Å². The van der Waals surface area contributed by atoms with Crippen LogP contribution in [0.4, 0.5) is 0 Å². The van der Waals surface area contributed by atoms with Crippen LogP contribution >= 0.6 is 0 Å². The fourth-order valence-corrected chi connectivity index (χ4v) is 4.96. The summed E-state index contributed by atoms with van der Waals surface area (Å²) >= 11 is 0. The van der Waals surface area contributed by atoms with Crippen LogP contribution in [0.2, 0.25) is 0 Å². The summed E-state index contributed by atoms with van der Waals surface area (Å²) in [5, 5.41) is 0. The zero-order chi connectivity index (χ0) is 28.3. The van der Waals surface area contributed by atoms with Gasteiger partial charge in [-0.05, 0) is 66.8 Å². The van der Waals surface area contributed by atoms with Gasteiger partial charge in [-0.3, -0.25) is 0 Å². The van der Waals surface area contributed by atoms with Crippen LogP contribution in [-0.2, 0) is 0 Å². The number of nitrogens with two attached hydrogens (primary N) is 1. The molecular weight excluding hydrogens is 494 g/mol. The standard InChI is InChI=1S/C36H51NO3/c1-3-4-14-27-39-33-22-20-31(21-23-33)30-16-18-32(19-17-30)35-25-24-34(38-2)29-36(35)40-28-15-12-10-8-6-5-7-9-11-13-26-37/h16-25,29H,3-15,26-28,37H2,1-2H3. The molecule has 2 N–H and O–H groups in total. The van der Waals surface area contributed by atoms with Crippen molar-refractivity contribution in [2.24, 2.45) is 5.73 Å². The second kappa shape index (κ2) is 19.2. The van der Waals surface area contributed by atoms with Gasteiger partial charge in [0.1, 0.15) is 17.2 Å². The molecule has 0 amide bonds. The van der Waals surface area contributed by atoms with E-state index in [4.69, 9.17) is 19.9 Å². The molecular formula is C36H51NO3. The van der Waals surface area contributed by atoms with Crippen LogP contribution in [0.25, 0.3) is 22.3 Å². The first-order chi connectivity index (χ1) is 19.7. The fraction of sp³-hybridized carbons (Fsp3) is 0.500. The van der Waals surface area contributed by atoms with Crippen LogP contribution < -0.4 is 19.9 Å². The minimum Gasteiger partial charge on any atom is -0.497 e. The number of unbranched alkanes of at least 4 members (excludes halogenated alkanes) is 11. The molecule has 0 spiro atoms. The lowest BCUT2D eigenvalue weighted by Crippen LogP contribution is -1.99. The van der Waals surface area contributed by atoms with Gasteiger partial charge in [0.25, 0.3) is 0 Å². The van der Waals surface area contributed by atoms with Gasteiger partial charge >= 0.3 is 0 Å². The summed E-state index contributed by atoms with van der Waals surface area (Å²) < 4.78 is 17.6. The minimum absolute atomic E-state index is 0.726. The van der Waals surface area contributed by atoms with Gasteiger partial charge in [-0.1, -0.05) is 108 Å². The van der Waals surface area contributed by atoms with Gasteiger partial charge in [0, 0.05) is 11.6 Å². The summed E-state index contributed by atoms with van der Waals surface area (Å²) in [5.41, 5.74) is 10.2. The zero-order valence-electron chi connectivity index (χ0n) is 25.0. The molecule has 0 aliphatic heterocycles. The Morgan fingerprint density at radius 3 is 1.62 bits per heavy atom. The van der Waals surface area contributed by atoms with E-state index < -0.39 is 0 Å². The van der Waals surface area contributed by atoms with Gasteiger partial charge in [-0.25, -0.2) is 0 Å². The summed E-state index contributed by atoms with van der Waals surface area (Å²) in [6.07, 6.45) is 16.2. The SMILES string of the molecule is CCCCCOc1ccc(-c2ccc(-c3ccc(OC)cc3OCCCCCCCCCCCCN)cc2)cc1. The Morgan fingerprint density at radius 2 is 1.02 bits per heavy atom. The van der Waals surface area contributed by atoms with Crippen molar-refractivity contribution in [3.63, 3.8) is 0 Å². The second-order valence-electron chi connectivity index (χ2n) is 10.7. The highest BCUT2D eigenvalue weighted by molar-refractivity contribution is 5.75. The Kier molecular flexibility index (Phi) is 15.1. The highest BCUT2D eigenvalue weighted by atomic mass is 16.5. The first-order valence-electron chi connectivity index (χ1n) is 15.6. The molecule has 4 nitrogen and oxygen atoms in total. The summed E-state index contributed by atoms with van der Waals surface area (Å²) in [5.74, 6) is 2.64. The van der Waals surface area contributed by atoms with E-state index in [0.29, 0.717) is 0 Å². The third-order valence-corrected chi connectivity index (χ3v) is 7.44. The molecule has 0 heterocycles. The van der Waals surface area contributed by atoms with Gasteiger partial charge in [0.05, 0.1) is 20.3 Å². The van der Waals surface area contributed by atoms with Crippen molar-refractivity contribution in [1.82, 2.24) is 0 Å². The number of methoxy groups -OCH3 is 1. The lowest BCUT2D eigenvalue weighted by molar-refractivity contribution is 0.303. The Labute approximate surface area is 243 Å². The summed E-state index contributed by atoms with van der Waals surface area (Å²) in [6.45, 7) is 4.55. The normalized spacial score (nSPS) is 11.0. The van der Waals surface area contributed by atoms with Gasteiger partial charge < -0.3 is 19.9 Å².